The van der Waals surface area contributed by atoms with E-state index in [9.17, 15) is 9.59 Å². The molecule has 5 nitrogen and oxygen atoms in total. The fraction of sp³-hybridized carbons (Fsp3) is 0.778. The molecule has 1 aliphatic rings. The first kappa shape index (κ1) is 11.0. The molecule has 2 atom stereocenters. The molecule has 5 N–H and O–H groups in total. The summed E-state index contributed by atoms with van der Waals surface area (Å²) < 4.78 is 0. The molecule has 0 aromatic rings. The molecule has 2 amide bonds. The molecule has 0 spiro atoms. The van der Waals surface area contributed by atoms with Crippen molar-refractivity contribution in [1.29, 1.82) is 0 Å². The van der Waals surface area contributed by atoms with Crippen LogP contribution in [0.4, 0.5) is 0 Å². The number of carbonyl (C=O) groups is 2. The fourth-order valence-corrected chi connectivity index (χ4v) is 1.91. The molecule has 0 aromatic carbocycles. The molecular formula is C9H17N3O2. The van der Waals surface area contributed by atoms with Gasteiger partial charge < -0.3 is 16.8 Å². The summed E-state index contributed by atoms with van der Waals surface area (Å²) in [6, 6.07) is -0.114. The van der Waals surface area contributed by atoms with Crippen LogP contribution in [-0.4, -0.2) is 24.4 Å². The van der Waals surface area contributed by atoms with E-state index >= 15 is 0 Å². The van der Waals surface area contributed by atoms with Crippen LogP contribution >= 0.6 is 0 Å². The van der Waals surface area contributed by atoms with Crippen molar-refractivity contribution >= 4 is 11.8 Å². The Morgan fingerprint density at radius 2 is 1.93 bits per heavy atom. The average Bonchev–Trinajstić information content (AvgIpc) is 2.18. The summed E-state index contributed by atoms with van der Waals surface area (Å²) in [6.07, 6.45) is 3.62. The van der Waals surface area contributed by atoms with E-state index in [0.29, 0.717) is 0 Å². The molecule has 14 heavy (non-hydrogen) atoms. The van der Waals surface area contributed by atoms with E-state index in [0.717, 1.165) is 25.7 Å². The second kappa shape index (κ2) is 4.95. The van der Waals surface area contributed by atoms with E-state index in [4.69, 9.17) is 11.5 Å². The van der Waals surface area contributed by atoms with E-state index < -0.39 is 0 Å². The first-order chi connectivity index (χ1) is 6.65. The highest BCUT2D eigenvalue weighted by Crippen LogP contribution is 2.23. The Hall–Kier alpha value is -1.10. The minimum Gasteiger partial charge on any atom is -0.369 e. The molecule has 0 aliphatic heterocycles. The Balaban J connectivity index is 2.54. The second-order valence-corrected chi connectivity index (χ2v) is 3.67. The Morgan fingerprint density at radius 1 is 1.29 bits per heavy atom. The van der Waals surface area contributed by atoms with Gasteiger partial charge >= 0.3 is 0 Å². The zero-order valence-electron chi connectivity index (χ0n) is 8.16. The minimum atomic E-state index is -0.327. The molecule has 1 saturated carbocycles. The summed E-state index contributed by atoms with van der Waals surface area (Å²) in [7, 11) is 0. The van der Waals surface area contributed by atoms with Gasteiger partial charge in [-0.15, -0.1) is 0 Å². The highest BCUT2D eigenvalue weighted by atomic mass is 16.2. The van der Waals surface area contributed by atoms with Crippen LogP contribution in [0, 0.1) is 5.92 Å². The van der Waals surface area contributed by atoms with Crippen molar-refractivity contribution in [3.8, 4) is 0 Å². The summed E-state index contributed by atoms with van der Waals surface area (Å²) in [5.74, 6) is -0.769. The number of nitrogens with two attached hydrogens (primary N) is 2. The summed E-state index contributed by atoms with van der Waals surface area (Å²) >= 11 is 0. The van der Waals surface area contributed by atoms with E-state index in [1.807, 2.05) is 0 Å². The highest BCUT2D eigenvalue weighted by molar-refractivity contribution is 5.81. The van der Waals surface area contributed by atoms with Crippen molar-refractivity contribution < 1.29 is 9.59 Å². The number of carbonyl (C=O) groups excluding carboxylic acids is 2. The summed E-state index contributed by atoms with van der Waals surface area (Å²) in [6.45, 7) is -0.0397. The smallest absolute Gasteiger partial charge is 0.233 e. The van der Waals surface area contributed by atoms with Crippen molar-refractivity contribution in [2.45, 2.75) is 31.7 Å². The van der Waals surface area contributed by atoms with Crippen LogP contribution in [0.1, 0.15) is 25.7 Å². The number of primary amides is 1. The zero-order valence-corrected chi connectivity index (χ0v) is 8.16. The van der Waals surface area contributed by atoms with Gasteiger partial charge in [-0.25, -0.2) is 0 Å². The predicted octanol–water partition coefficient (Wildman–Crippen LogP) is -0.895. The summed E-state index contributed by atoms with van der Waals surface area (Å²) in [5, 5.41) is 2.74. The van der Waals surface area contributed by atoms with Crippen molar-refractivity contribution in [3.63, 3.8) is 0 Å². The first-order valence-corrected chi connectivity index (χ1v) is 4.94. The Morgan fingerprint density at radius 3 is 2.50 bits per heavy atom. The van der Waals surface area contributed by atoms with Gasteiger partial charge in [-0.1, -0.05) is 12.8 Å². The number of amides is 2. The molecule has 1 aliphatic carbocycles. The third-order valence-corrected chi connectivity index (χ3v) is 2.66. The minimum absolute atomic E-state index is 0.0397. The number of hydrogen-bond acceptors (Lipinski definition) is 3. The maximum atomic E-state index is 11.1. The lowest BCUT2D eigenvalue weighted by atomic mass is 9.84. The number of hydrogen-bond donors (Lipinski definition) is 3. The van der Waals surface area contributed by atoms with Crippen LogP contribution in [0.3, 0.4) is 0 Å². The van der Waals surface area contributed by atoms with Crippen LogP contribution in [0.15, 0.2) is 0 Å². The van der Waals surface area contributed by atoms with Crippen molar-refractivity contribution in [3.05, 3.63) is 0 Å². The lowest BCUT2D eigenvalue weighted by Gasteiger charge is -2.29. The zero-order chi connectivity index (χ0) is 10.6. The molecule has 1 rings (SSSR count). The van der Waals surface area contributed by atoms with Gasteiger partial charge in [0.25, 0.3) is 0 Å². The Labute approximate surface area is 83.2 Å². The van der Waals surface area contributed by atoms with Crippen molar-refractivity contribution in [1.82, 2.24) is 5.32 Å². The molecular weight excluding hydrogens is 182 g/mol. The molecule has 2 unspecified atom stereocenters. The summed E-state index contributed by atoms with van der Waals surface area (Å²) in [5.41, 5.74) is 10.4. The maximum absolute atomic E-state index is 11.1. The fourth-order valence-electron chi connectivity index (χ4n) is 1.91. The van der Waals surface area contributed by atoms with Crippen molar-refractivity contribution in [2.75, 3.05) is 6.54 Å². The normalized spacial score (nSPS) is 26.9. The predicted molar refractivity (Wildman–Crippen MR) is 52.1 cm³/mol. The van der Waals surface area contributed by atoms with E-state index in [-0.39, 0.29) is 30.3 Å². The third kappa shape index (κ3) is 2.70. The Bertz CT molecular complexity index is 230. The van der Waals surface area contributed by atoms with Gasteiger partial charge in [0.1, 0.15) is 0 Å². The SMILES string of the molecule is NCC(=O)NC1CCCCC1C(N)=O. The molecule has 5 heteroatoms. The maximum Gasteiger partial charge on any atom is 0.233 e. The second-order valence-electron chi connectivity index (χ2n) is 3.67. The van der Waals surface area contributed by atoms with Gasteiger partial charge in [-0.2, -0.15) is 0 Å². The van der Waals surface area contributed by atoms with Gasteiger partial charge in [0.05, 0.1) is 12.5 Å². The molecule has 0 bridgehead atoms. The molecule has 0 radical (unpaired) electrons. The quantitative estimate of drug-likeness (QED) is 0.549. The van der Waals surface area contributed by atoms with Gasteiger partial charge in [0, 0.05) is 6.04 Å². The lowest BCUT2D eigenvalue weighted by molar-refractivity contribution is -0.125. The van der Waals surface area contributed by atoms with Gasteiger partial charge in [0.2, 0.25) is 11.8 Å². The highest BCUT2D eigenvalue weighted by Gasteiger charge is 2.29. The number of nitrogens with one attached hydrogen (secondary N) is 1. The topological polar surface area (TPSA) is 98.2 Å². The third-order valence-electron chi connectivity index (χ3n) is 2.66. The monoisotopic (exact) mass is 199 g/mol. The largest absolute Gasteiger partial charge is 0.369 e. The molecule has 0 heterocycles. The molecule has 1 fully saturated rings. The van der Waals surface area contributed by atoms with E-state index in [1.54, 1.807) is 0 Å². The Kier molecular flexibility index (Phi) is 3.88. The van der Waals surface area contributed by atoms with Crippen LogP contribution in [-0.2, 0) is 9.59 Å². The van der Waals surface area contributed by atoms with Gasteiger partial charge in [-0.05, 0) is 12.8 Å². The standard InChI is InChI=1S/C9H17N3O2/c10-5-8(13)12-7-4-2-1-3-6(7)9(11)14/h6-7H,1-5,10H2,(H2,11,14)(H,12,13). The van der Waals surface area contributed by atoms with Crippen LogP contribution in [0.2, 0.25) is 0 Å². The van der Waals surface area contributed by atoms with E-state index in [2.05, 4.69) is 5.32 Å². The average molecular weight is 199 g/mol. The molecule has 80 valence electrons. The molecule has 0 aromatic heterocycles. The van der Waals surface area contributed by atoms with Crippen LogP contribution < -0.4 is 16.8 Å². The number of rotatable bonds is 3. The first-order valence-electron chi connectivity index (χ1n) is 4.94. The summed E-state index contributed by atoms with van der Waals surface area (Å²) in [4.78, 5) is 22.1. The van der Waals surface area contributed by atoms with Crippen LogP contribution in [0.5, 0.6) is 0 Å². The van der Waals surface area contributed by atoms with Crippen molar-refractivity contribution in [2.24, 2.45) is 17.4 Å². The molecule has 0 saturated heterocycles. The van der Waals surface area contributed by atoms with Gasteiger partial charge in [0.15, 0.2) is 0 Å². The van der Waals surface area contributed by atoms with Crippen LogP contribution in [0.25, 0.3) is 0 Å². The van der Waals surface area contributed by atoms with E-state index in [1.165, 1.54) is 0 Å². The van der Waals surface area contributed by atoms with Gasteiger partial charge in [-0.3, -0.25) is 9.59 Å². The lowest BCUT2D eigenvalue weighted by Crippen LogP contribution is -2.48.